The Bertz CT molecular complexity index is 1390. The van der Waals surface area contributed by atoms with Gasteiger partial charge in [-0.05, 0) is 36.2 Å². The number of aryl methyl sites for hydroxylation is 1. The van der Waals surface area contributed by atoms with E-state index < -0.39 is 17.1 Å². The molecule has 5 rings (SSSR count). The first-order chi connectivity index (χ1) is 18.4. The van der Waals surface area contributed by atoms with Crippen molar-refractivity contribution in [2.75, 3.05) is 33.0 Å². The Morgan fingerprint density at radius 1 is 1.00 bits per heavy atom. The highest BCUT2D eigenvalue weighted by Gasteiger charge is 2.24. The number of nitrogens with one attached hydrogen (secondary N) is 1. The van der Waals surface area contributed by atoms with E-state index in [4.69, 9.17) is 23.7 Å². The molecule has 0 bridgehead atoms. The van der Waals surface area contributed by atoms with Crippen molar-refractivity contribution in [2.24, 2.45) is 7.05 Å². The highest BCUT2D eigenvalue weighted by molar-refractivity contribution is 7.77. The molecule has 3 aromatic rings. The third kappa shape index (κ3) is 6.22. The van der Waals surface area contributed by atoms with Crippen LogP contribution in [0.25, 0.3) is 11.1 Å². The predicted molar refractivity (Wildman–Crippen MR) is 135 cm³/mol. The molecule has 38 heavy (non-hydrogen) atoms. The average Bonchev–Trinajstić information content (AvgIpc) is 2.83. The number of hydrogen-bond acceptors (Lipinski definition) is 8. The number of ether oxygens (including phenoxy) is 5. The van der Waals surface area contributed by atoms with Crippen molar-refractivity contribution in [2.45, 2.75) is 18.6 Å². The maximum Gasteiger partial charge on any atom is 0.254 e. The molecule has 3 heterocycles. The number of rotatable bonds is 11. The van der Waals surface area contributed by atoms with Gasteiger partial charge in [0.25, 0.3) is 5.56 Å². The number of halogens is 1. The average molecular weight is 546 g/mol. The Balaban J connectivity index is 1.50. The summed E-state index contributed by atoms with van der Waals surface area (Å²) in [6, 6.07) is 11.0. The molecule has 10 nitrogen and oxygen atoms in total. The van der Waals surface area contributed by atoms with Gasteiger partial charge in [-0.25, -0.2) is 9.11 Å². The van der Waals surface area contributed by atoms with Crippen LogP contribution in [-0.2, 0) is 34.2 Å². The molecule has 0 aliphatic carbocycles. The van der Waals surface area contributed by atoms with E-state index in [-0.39, 0.29) is 30.1 Å². The van der Waals surface area contributed by atoms with Gasteiger partial charge in [-0.15, -0.1) is 0 Å². The van der Waals surface area contributed by atoms with Crippen molar-refractivity contribution in [3.05, 3.63) is 70.4 Å². The van der Waals surface area contributed by atoms with E-state index in [1.807, 2.05) is 0 Å². The summed E-state index contributed by atoms with van der Waals surface area (Å²) < 4.78 is 68.5. The summed E-state index contributed by atoms with van der Waals surface area (Å²) in [6.45, 7) is 1.93. The molecule has 0 radical (unpaired) electrons. The molecule has 1 unspecified atom stereocenters. The summed E-state index contributed by atoms with van der Waals surface area (Å²) in [5.74, 6) is 0.415. The maximum absolute atomic E-state index is 15.0. The van der Waals surface area contributed by atoms with Gasteiger partial charge in [-0.1, -0.05) is 6.07 Å². The van der Waals surface area contributed by atoms with Gasteiger partial charge in [0, 0.05) is 54.3 Å². The molecule has 0 saturated carbocycles. The molecule has 0 spiro atoms. The minimum absolute atomic E-state index is 0.0145. The van der Waals surface area contributed by atoms with E-state index in [0.29, 0.717) is 61.2 Å². The number of nitrogens with zero attached hydrogens (tertiary/aromatic N) is 1. The van der Waals surface area contributed by atoms with Gasteiger partial charge in [-0.3, -0.25) is 9.00 Å². The van der Waals surface area contributed by atoms with Crippen molar-refractivity contribution in [3.63, 3.8) is 0 Å². The first-order valence-electron chi connectivity index (χ1n) is 12.0. The topological polar surface area (TPSA) is 120 Å². The summed E-state index contributed by atoms with van der Waals surface area (Å²) in [7, 11) is 1.62. The van der Waals surface area contributed by atoms with Crippen molar-refractivity contribution in [1.29, 1.82) is 0 Å². The van der Waals surface area contributed by atoms with Crippen molar-refractivity contribution in [1.82, 2.24) is 9.29 Å². The molecule has 2 aliphatic heterocycles. The molecular weight excluding hydrogens is 519 g/mol. The standard InChI is InChI=1S/C26H27FN2O8S/c1-29-11-21(25(10-26(29)30)36-19-14-34-15-19)20-8-16(6-7-28-38(31)32)2-4-23(20)37-24-5-3-17(9-22(24)27)35-18-12-33-13-18/h2-5,8-11,18-19,28H,6-7,12-15H2,1H3,(H,31,32)/p-1. The minimum atomic E-state index is -2.38. The monoisotopic (exact) mass is 545 g/mol. The summed E-state index contributed by atoms with van der Waals surface area (Å²) in [5, 5.41) is 0. The number of hydrogen-bond donors (Lipinski definition) is 1. The van der Waals surface area contributed by atoms with Crippen LogP contribution < -0.4 is 24.5 Å². The molecule has 2 fully saturated rings. The van der Waals surface area contributed by atoms with Gasteiger partial charge >= 0.3 is 0 Å². The highest BCUT2D eigenvalue weighted by Crippen LogP contribution is 2.40. The largest absolute Gasteiger partial charge is 0.760 e. The lowest BCUT2D eigenvalue weighted by Gasteiger charge is -2.28. The molecule has 2 aromatic carbocycles. The van der Waals surface area contributed by atoms with Crippen molar-refractivity contribution in [3.8, 4) is 34.1 Å². The summed E-state index contributed by atoms with van der Waals surface area (Å²) in [4.78, 5) is 12.4. The summed E-state index contributed by atoms with van der Waals surface area (Å²) in [5.41, 5.74) is 1.64. The molecule has 1 aromatic heterocycles. The SMILES string of the molecule is Cn1cc(-c2cc(CCNS(=O)[O-])ccc2Oc2ccc(OC3COC3)cc2F)c(OC2COC2)cc1=O. The Hall–Kier alpha value is -3.29. The normalized spacial score (nSPS) is 16.4. The third-order valence-electron chi connectivity index (χ3n) is 6.09. The smallest absolute Gasteiger partial charge is 0.254 e. The minimum Gasteiger partial charge on any atom is -0.760 e. The molecule has 1 N–H and O–H groups in total. The Morgan fingerprint density at radius 3 is 2.37 bits per heavy atom. The van der Waals surface area contributed by atoms with E-state index in [9.17, 15) is 17.9 Å². The van der Waals surface area contributed by atoms with Gasteiger partial charge in [0.1, 0.15) is 29.5 Å². The van der Waals surface area contributed by atoms with Crippen molar-refractivity contribution < 1.29 is 36.8 Å². The lowest BCUT2D eigenvalue weighted by atomic mass is 10.0. The number of benzene rings is 2. The zero-order valence-electron chi connectivity index (χ0n) is 20.5. The molecular formula is C26H26FN2O8S-. The van der Waals surface area contributed by atoms with Crippen molar-refractivity contribution >= 4 is 11.3 Å². The third-order valence-corrected chi connectivity index (χ3v) is 6.53. The van der Waals surface area contributed by atoms with Gasteiger partial charge < -0.3 is 32.8 Å². The highest BCUT2D eigenvalue weighted by atomic mass is 32.2. The fourth-order valence-electron chi connectivity index (χ4n) is 3.92. The quantitative estimate of drug-likeness (QED) is 0.365. The van der Waals surface area contributed by atoms with Crippen LogP contribution in [0, 0.1) is 5.82 Å². The number of aromatic nitrogens is 1. The van der Waals surface area contributed by atoms with E-state index in [0.717, 1.165) is 5.56 Å². The number of pyridine rings is 1. The lowest BCUT2D eigenvalue weighted by Crippen LogP contribution is -2.39. The zero-order valence-corrected chi connectivity index (χ0v) is 21.3. The molecule has 2 aliphatic rings. The Labute approximate surface area is 220 Å². The van der Waals surface area contributed by atoms with Gasteiger partial charge in [0.2, 0.25) is 0 Å². The van der Waals surface area contributed by atoms with E-state index >= 15 is 0 Å². The second-order valence-electron chi connectivity index (χ2n) is 8.96. The van der Waals surface area contributed by atoms with Gasteiger partial charge in [0.15, 0.2) is 11.6 Å². The van der Waals surface area contributed by atoms with Gasteiger partial charge in [0.05, 0.1) is 26.4 Å². The van der Waals surface area contributed by atoms with Crippen LogP contribution in [0.2, 0.25) is 0 Å². The maximum atomic E-state index is 15.0. The van der Waals surface area contributed by atoms with Crippen LogP contribution in [0.3, 0.4) is 0 Å². The van der Waals surface area contributed by atoms with Crippen LogP contribution in [0.4, 0.5) is 4.39 Å². The molecule has 12 heteroatoms. The van der Waals surface area contributed by atoms with Crippen LogP contribution in [0.5, 0.6) is 23.0 Å². The fraction of sp³-hybridized carbons (Fsp3) is 0.346. The van der Waals surface area contributed by atoms with E-state index in [1.165, 1.54) is 22.8 Å². The van der Waals surface area contributed by atoms with Crippen LogP contribution >= 0.6 is 0 Å². The van der Waals surface area contributed by atoms with Crippen LogP contribution in [-0.4, -0.2) is 58.5 Å². The van der Waals surface area contributed by atoms with Crippen LogP contribution in [0.15, 0.2) is 53.5 Å². The first-order valence-corrected chi connectivity index (χ1v) is 13.1. The molecule has 2 saturated heterocycles. The Morgan fingerprint density at radius 2 is 1.71 bits per heavy atom. The van der Waals surface area contributed by atoms with Crippen LogP contribution in [0.1, 0.15) is 5.56 Å². The van der Waals surface area contributed by atoms with E-state index in [2.05, 4.69) is 4.72 Å². The zero-order chi connectivity index (χ0) is 26.6. The Kier molecular flexibility index (Phi) is 8.05. The second kappa shape index (κ2) is 11.6. The van der Waals surface area contributed by atoms with E-state index in [1.54, 1.807) is 37.5 Å². The summed E-state index contributed by atoms with van der Waals surface area (Å²) in [6.07, 6.45) is 1.72. The van der Waals surface area contributed by atoms with Gasteiger partial charge in [-0.2, -0.15) is 0 Å². The summed E-state index contributed by atoms with van der Waals surface area (Å²) >= 11 is -2.38. The first kappa shape index (κ1) is 26.3. The molecule has 202 valence electrons. The lowest BCUT2D eigenvalue weighted by molar-refractivity contribution is -0.0797. The second-order valence-corrected chi connectivity index (χ2v) is 9.72. The molecule has 1 atom stereocenters. The molecule has 0 amide bonds. The predicted octanol–water partition coefficient (Wildman–Crippen LogP) is 2.47. The fourth-order valence-corrected chi connectivity index (χ4v) is 4.18.